The third-order valence-corrected chi connectivity index (χ3v) is 1.89. The minimum absolute atomic E-state index is 0.116. The number of fused-ring (bicyclic) bond motifs is 1. The number of hydrogen-bond donors (Lipinski definition) is 0. The van der Waals surface area contributed by atoms with Gasteiger partial charge >= 0.3 is 0 Å². The quantitative estimate of drug-likeness (QED) is 0.501. The SMILES string of the molecule is O=C1C=C2CCOCC2=NC1. The van der Waals surface area contributed by atoms with Gasteiger partial charge in [0, 0.05) is 0 Å². The summed E-state index contributed by atoms with van der Waals surface area (Å²) in [6.07, 6.45) is 2.54. The van der Waals surface area contributed by atoms with E-state index < -0.39 is 0 Å². The molecule has 2 heterocycles. The van der Waals surface area contributed by atoms with Crippen molar-refractivity contribution in [3.05, 3.63) is 11.6 Å². The van der Waals surface area contributed by atoms with Gasteiger partial charge < -0.3 is 4.74 Å². The largest absolute Gasteiger partial charge is 0.375 e. The van der Waals surface area contributed by atoms with Crippen molar-refractivity contribution in [3.63, 3.8) is 0 Å². The van der Waals surface area contributed by atoms with Crippen LogP contribution in [-0.2, 0) is 9.53 Å². The molecule has 0 aliphatic carbocycles. The lowest BCUT2D eigenvalue weighted by Gasteiger charge is -2.19. The molecule has 0 bridgehead atoms. The first-order chi connectivity index (χ1) is 5.36. The molecule has 0 unspecified atom stereocenters. The summed E-state index contributed by atoms with van der Waals surface area (Å²) in [5.74, 6) is 0.116. The zero-order valence-electron chi connectivity index (χ0n) is 6.17. The third kappa shape index (κ3) is 1.24. The van der Waals surface area contributed by atoms with Gasteiger partial charge in [0.25, 0.3) is 0 Å². The van der Waals surface area contributed by atoms with Crippen molar-refractivity contribution in [2.75, 3.05) is 19.8 Å². The summed E-state index contributed by atoms with van der Waals surface area (Å²) in [5.41, 5.74) is 2.04. The van der Waals surface area contributed by atoms with E-state index in [1.165, 1.54) is 0 Å². The molecule has 3 heteroatoms. The van der Waals surface area contributed by atoms with E-state index in [2.05, 4.69) is 4.99 Å². The smallest absolute Gasteiger partial charge is 0.177 e. The zero-order chi connectivity index (χ0) is 7.68. The number of nitrogens with zero attached hydrogens (tertiary/aromatic N) is 1. The van der Waals surface area contributed by atoms with E-state index in [-0.39, 0.29) is 5.78 Å². The molecule has 0 amide bonds. The minimum Gasteiger partial charge on any atom is -0.375 e. The Hall–Kier alpha value is -0.960. The molecule has 0 aromatic heterocycles. The van der Waals surface area contributed by atoms with Gasteiger partial charge in [0.2, 0.25) is 0 Å². The van der Waals surface area contributed by atoms with Crippen LogP contribution < -0.4 is 0 Å². The van der Waals surface area contributed by atoms with Crippen LogP contribution in [0, 0.1) is 0 Å². The molecule has 1 fully saturated rings. The van der Waals surface area contributed by atoms with E-state index in [0.29, 0.717) is 13.2 Å². The molecule has 0 spiro atoms. The van der Waals surface area contributed by atoms with Crippen molar-refractivity contribution in [3.8, 4) is 0 Å². The normalized spacial score (nSPS) is 23.8. The van der Waals surface area contributed by atoms with Crippen molar-refractivity contribution in [2.45, 2.75) is 6.42 Å². The Morgan fingerprint density at radius 3 is 3.36 bits per heavy atom. The van der Waals surface area contributed by atoms with Crippen molar-refractivity contribution < 1.29 is 9.53 Å². The fraction of sp³-hybridized carbons (Fsp3) is 0.500. The van der Waals surface area contributed by atoms with Crippen LogP contribution in [0.1, 0.15) is 6.42 Å². The van der Waals surface area contributed by atoms with Gasteiger partial charge in [-0.15, -0.1) is 0 Å². The van der Waals surface area contributed by atoms with E-state index in [1.807, 2.05) is 0 Å². The van der Waals surface area contributed by atoms with Gasteiger partial charge in [0.05, 0.1) is 18.9 Å². The Balaban J connectivity index is 2.26. The molecule has 0 saturated carbocycles. The fourth-order valence-electron chi connectivity index (χ4n) is 1.30. The molecule has 3 nitrogen and oxygen atoms in total. The summed E-state index contributed by atoms with van der Waals surface area (Å²) in [6, 6.07) is 0. The number of carbonyl (C=O) groups is 1. The van der Waals surface area contributed by atoms with Gasteiger partial charge in [-0.05, 0) is 18.1 Å². The second kappa shape index (κ2) is 2.58. The molecule has 2 aliphatic rings. The predicted octanol–water partition coefficient (Wildman–Crippen LogP) is 0.357. The molecule has 0 aromatic carbocycles. The number of hydrogen-bond acceptors (Lipinski definition) is 3. The summed E-state index contributed by atoms with van der Waals surface area (Å²) in [6.45, 7) is 1.61. The van der Waals surface area contributed by atoms with Gasteiger partial charge in [-0.3, -0.25) is 9.79 Å². The highest BCUT2D eigenvalue weighted by atomic mass is 16.5. The number of ether oxygens (including phenoxy) is 1. The molecule has 0 radical (unpaired) electrons. The van der Waals surface area contributed by atoms with Gasteiger partial charge in [-0.1, -0.05) is 0 Å². The molecular formula is C8H9NO2. The van der Waals surface area contributed by atoms with Gasteiger partial charge in [-0.25, -0.2) is 0 Å². The lowest BCUT2D eigenvalue weighted by atomic mass is 10.0. The summed E-state index contributed by atoms with van der Waals surface area (Å²) in [7, 11) is 0. The standard InChI is InChI=1S/C8H9NO2/c10-7-3-6-1-2-11-5-8(6)9-4-7/h3H,1-2,4-5H2. The second-order valence-corrected chi connectivity index (χ2v) is 2.70. The highest BCUT2D eigenvalue weighted by Gasteiger charge is 2.18. The molecule has 58 valence electrons. The van der Waals surface area contributed by atoms with Crippen LogP contribution >= 0.6 is 0 Å². The molecule has 11 heavy (non-hydrogen) atoms. The van der Waals surface area contributed by atoms with Crippen LogP contribution in [0.25, 0.3) is 0 Å². The van der Waals surface area contributed by atoms with E-state index in [9.17, 15) is 4.79 Å². The highest BCUT2D eigenvalue weighted by Crippen LogP contribution is 2.14. The van der Waals surface area contributed by atoms with Crippen LogP contribution in [0.5, 0.6) is 0 Å². The average molecular weight is 151 g/mol. The first-order valence-corrected chi connectivity index (χ1v) is 3.71. The Morgan fingerprint density at radius 1 is 1.55 bits per heavy atom. The Kier molecular flexibility index (Phi) is 1.58. The molecular weight excluding hydrogens is 142 g/mol. The molecule has 0 aromatic rings. The van der Waals surface area contributed by atoms with E-state index in [4.69, 9.17) is 4.74 Å². The lowest BCUT2D eigenvalue weighted by molar-refractivity contribution is -0.113. The number of carbonyl (C=O) groups excluding carboxylic acids is 1. The summed E-state index contributed by atoms with van der Waals surface area (Å²) in [4.78, 5) is 15.0. The second-order valence-electron chi connectivity index (χ2n) is 2.70. The van der Waals surface area contributed by atoms with Gasteiger partial charge in [0.1, 0.15) is 6.54 Å². The molecule has 2 aliphatic heterocycles. The first-order valence-electron chi connectivity index (χ1n) is 3.71. The van der Waals surface area contributed by atoms with E-state index >= 15 is 0 Å². The maximum Gasteiger partial charge on any atom is 0.177 e. The number of ketones is 1. The summed E-state index contributed by atoms with van der Waals surface area (Å²) >= 11 is 0. The van der Waals surface area contributed by atoms with Crippen LogP contribution in [0.3, 0.4) is 0 Å². The lowest BCUT2D eigenvalue weighted by Crippen LogP contribution is -2.25. The van der Waals surface area contributed by atoms with Crippen molar-refractivity contribution in [1.82, 2.24) is 0 Å². The van der Waals surface area contributed by atoms with Crippen LogP contribution in [0.4, 0.5) is 0 Å². The van der Waals surface area contributed by atoms with E-state index in [0.717, 1.165) is 24.3 Å². The molecule has 1 saturated heterocycles. The average Bonchev–Trinajstić information content (AvgIpc) is 2.04. The fourth-order valence-corrected chi connectivity index (χ4v) is 1.30. The maximum absolute atomic E-state index is 10.9. The third-order valence-electron chi connectivity index (χ3n) is 1.89. The molecule has 0 atom stereocenters. The maximum atomic E-state index is 10.9. The van der Waals surface area contributed by atoms with Crippen LogP contribution in [0.15, 0.2) is 16.6 Å². The summed E-state index contributed by atoms with van der Waals surface area (Å²) < 4.78 is 5.19. The van der Waals surface area contributed by atoms with Crippen LogP contribution in [0.2, 0.25) is 0 Å². The van der Waals surface area contributed by atoms with Gasteiger partial charge in [-0.2, -0.15) is 0 Å². The molecule has 0 N–H and O–H groups in total. The number of dihydropyridines is 1. The minimum atomic E-state index is 0.116. The Morgan fingerprint density at radius 2 is 2.45 bits per heavy atom. The van der Waals surface area contributed by atoms with Crippen molar-refractivity contribution >= 4 is 11.5 Å². The van der Waals surface area contributed by atoms with Crippen molar-refractivity contribution in [1.29, 1.82) is 0 Å². The van der Waals surface area contributed by atoms with Crippen LogP contribution in [-0.4, -0.2) is 31.3 Å². The van der Waals surface area contributed by atoms with Gasteiger partial charge in [0.15, 0.2) is 5.78 Å². The first kappa shape index (κ1) is 6.73. The number of aliphatic imine (C=N–C) groups is 1. The highest BCUT2D eigenvalue weighted by molar-refractivity contribution is 6.11. The predicted molar refractivity (Wildman–Crippen MR) is 40.8 cm³/mol. The summed E-state index contributed by atoms with van der Waals surface area (Å²) in [5, 5.41) is 0. The zero-order valence-corrected chi connectivity index (χ0v) is 6.17. The molecule has 2 rings (SSSR count). The van der Waals surface area contributed by atoms with Crippen molar-refractivity contribution in [2.24, 2.45) is 4.99 Å². The monoisotopic (exact) mass is 151 g/mol. The Labute approximate surface area is 64.8 Å². The Bertz CT molecular complexity index is 253. The van der Waals surface area contributed by atoms with E-state index in [1.54, 1.807) is 6.08 Å². The topological polar surface area (TPSA) is 38.7 Å². The number of rotatable bonds is 0.